The minimum Gasteiger partial charge on any atom is -0.381 e. The Bertz CT molecular complexity index is 1460. The molecule has 1 fully saturated rings. The minimum atomic E-state index is -3.32. The van der Waals surface area contributed by atoms with Gasteiger partial charge in [0.25, 0.3) is 5.91 Å². The van der Waals surface area contributed by atoms with Crippen LogP contribution >= 0.6 is 11.3 Å². The van der Waals surface area contributed by atoms with Crippen molar-refractivity contribution >= 4 is 59.7 Å². The molecule has 1 aliphatic heterocycles. The molecule has 4 aromatic rings. The summed E-state index contributed by atoms with van der Waals surface area (Å²) in [4.78, 5) is 22.7. The Kier molecular flexibility index (Phi) is 5.73. The molecule has 1 saturated heterocycles. The molecule has 0 spiro atoms. The lowest BCUT2D eigenvalue weighted by molar-refractivity contribution is 0.0698. The Morgan fingerprint density at radius 2 is 1.97 bits per heavy atom. The van der Waals surface area contributed by atoms with Gasteiger partial charge in [-0.1, -0.05) is 6.07 Å². The van der Waals surface area contributed by atoms with Gasteiger partial charge < -0.3 is 15.4 Å². The van der Waals surface area contributed by atoms with E-state index in [0.717, 1.165) is 33.8 Å². The zero-order valence-corrected chi connectivity index (χ0v) is 19.5. The van der Waals surface area contributed by atoms with E-state index in [1.807, 2.05) is 18.2 Å². The maximum atomic E-state index is 12.8. The third-order valence-corrected chi connectivity index (χ3v) is 7.76. The van der Waals surface area contributed by atoms with Crippen molar-refractivity contribution in [1.29, 1.82) is 0 Å². The van der Waals surface area contributed by atoms with E-state index in [-0.39, 0.29) is 16.8 Å². The van der Waals surface area contributed by atoms with Crippen molar-refractivity contribution in [3.63, 3.8) is 0 Å². The number of aromatic nitrogens is 2. The summed E-state index contributed by atoms with van der Waals surface area (Å²) in [6.45, 7) is 1.34. The van der Waals surface area contributed by atoms with E-state index in [1.165, 1.54) is 17.6 Å². The molecule has 0 aliphatic carbocycles. The highest BCUT2D eigenvalue weighted by Gasteiger charge is 2.19. The number of nitrogens with one attached hydrogen (secondary N) is 2. The van der Waals surface area contributed by atoms with Crippen LogP contribution < -0.4 is 10.6 Å². The second kappa shape index (κ2) is 8.69. The standard InChI is InChI=1S/C23H22N4O4S2/c1-33(29,30)17-4-2-3-16(11-17)26-23-24-13-14-5-6-19-18(21(14)27-23)12-20(32-19)22(28)25-15-7-9-31-10-8-15/h2-6,11-13,15H,7-10H2,1H3,(H,25,28)(H,24,26,27). The molecule has 0 unspecified atom stereocenters. The van der Waals surface area contributed by atoms with Gasteiger partial charge in [-0.15, -0.1) is 11.3 Å². The van der Waals surface area contributed by atoms with Crippen molar-refractivity contribution in [3.05, 3.63) is 53.5 Å². The van der Waals surface area contributed by atoms with E-state index in [9.17, 15) is 13.2 Å². The predicted molar refractivity (Wildman–Crippen MR) is 129 cm³/mol. The molecular formula is C23H22N4O4S2. The summed E-state index contributed by atoms with van der Waals surface area (Å²) in [6.07, 6.45) is 4.52. The maximum Gasteiger partial charge on any atom is 0.261 e. The first-order valence-corrected chi connectivity index (χ1v) is 13.2. The average Bonchev–Trinajstić information content (AvgIpc) is 3.25. The quantitative estimate of drug-likeness (QED) is 0.444. The summed E-state index contributed by atoms with van der Waals surface area (Å²) < 4.78 is 30.0. The fourth-order valence-corrected chi connectivity index (χ4v) is 5.45. The number of ether oxygens (including phenoxy) is 1. The lowest BCUT2D eigenvalue weighted by atomic mass is 10.1. The fourth-order valence-electron chi connectivity index (χ4n) is 3.81. The van der Waals surface area contributed by atoms with Gasteiger partial charge in [-0.25, -0.2) is 18.4 Å². The number of anilines is 2. The second-order valence-electron chi connectivity index (χ2n) is 8.00. The van der Waals surface area contributed by atoms with E-state index in [1.54, 1.807) is 30.5 Å². The molecule has 33 heavy (non-hydrogen) atoms. The van der Waals surface area contributed by atoms with Gasteiger partial charge in [-0.3, -0.25) is 4.79 Å². The fraction of sp³-hybridized carbons (Fsp3) is 0.261. The van der Waals surface area contributed by atoms with E-state index in [2.05, 4.69) is 20.6 Å². The lowest BCUT2D eigenvalue weighted by Crippen LogP contribution is -2.38. The van der Waals surface area contributed by atoms with Gasteiger partial charge >= 0.3 is 0 Å². The minimum absolute atomic E-state index is 0.0822. The molecule has 5 rings (SSSR count). The number of nitrogens with zero attached hydrogens (tertiary/aromatic N) is 2. The number of rotatable bonds is 5. The monoisotopic (exact) mass is 482 g/mol. The number of carbonyl (C=O) groups excluding carboxylic acids is 1. The summed E-state index contributed by atoms with van der Waals surface area (Å²) in [5.41, 5.74) is 1.30. The highest BCUT2D eigenvalue weighted by Crippen LogP contribution is 2.32. The van der Waals surface area contributed by atoms with Gasteiger partial charge in [0.15, 0.2) is 9.84 Å². The number of amides is 1. The molecule has 0 atom stereocenters. The van der Waals surface area contributed by atoms with Crippen LogP contribution in [-0.2, 0) is 14.6 Å². The van der Waals surface area contributed by atoms with Crippen molar-refractivity contribution < 1.29 is 17.9 Å². The van der Waals surface area contributed by atoms with Crippen LogP contribution in [0.5, 0.6) is 0 Å². The highest BCUT2D eigenvalue weighted by atomic mass is 32.2. The van der Waals surface area contributed by atoms with Crippen LogP contribution in [0.15, 0.2) is 53.6 Å². The molecule has 10 heteroatoms. The first kappa shape index (κ1) is 21.7. The van der Waals surface area contributed by atoms with Crippen molar-refractivity contribution in [3.8, 4) is 0 Å². The first-order chi connectivity index (χ1) is 15.9. The van der Waals surface area contributed by atoms with Crippen molar-refractivity contribution in [2.75, 3.05) is 24.8 Å². The summed E-state index contributed by atoms with van der Waals surface area (Å²) in [5, 5.41) is 7.92. The van der Waals surface area contributed by atoms with Crippen molar-refractivity contribution in [1.82, 2.24) is 15.3 Å². The van der Waals surface area contributed by atoms with Gasteiger partial charge in [0.05, 0.1) is 15.3 Å². The van der Waals surface area contributed by atoms with Gasteiger partial charge in [0.2, 0.25) is 5.95 Å². The van der Waals surface area contributed by atoms with Crippen LogP contribution in [0.3, 0.4) is 0 Å². The van der Waals surface area contributed by atoms with E-state index >= 15 is 0 Å². The number of sulfone groups is 1. The van der Waals surface area contributed by atoms with E-state index in [4.69, 9.17) is 4.74 Å². The lowest BCUT2D eigenvalue weighted by Gasteiger charge is -2.22. The zero-order chi connectivity index (χ0) is 23.0. The molecule has 8 nitrogen and oxygen atoms in total. The van der Waals surface area contributed by atoms with E-state index in [0.29, 0.717) is 29.7 Å². The molecule has 0 saturated carbocycles. The summed E-state index contributed by atoms with van der Waals surface area (Å²) >= 11 is 1.43. The van der Waals surface area contributed by atoms with Crippen LogP contribution in [0.4, 0.5) is 11.6 Å². The Morgan fingerprint density at radius 1 is 1.15 bits per heavy atom. The molecule has 2 aromatic heterocycles. The van der Waals surface area contributed by atoms with Gasteiger partial charge in [0, 0.05) is 52.9 Å². The number of hydrogen-bond acceptors (Lipinski definition) is 8. The molecule has 2 N–H and O–H groups in total. The molecule has 1 amide bonds. The Labute approximate surface area is 194 Å². The molecule has 1 aliphatic rings. The number of carbonyl (C=O) groups is 1. The molecular weight excluding hydrogens is 460 g/mol. The Hall–Kier alpha value is -3.08. The van der Waals surface area contributed by atoms with Gasteiger partial charge in [-0.05, 0) is 49.2 Å². The summed E-state index contributed by atoms with van der Waals surface area (Å²) in [6, 6.07) is 12.4. The average molecular weight is 483 g/mol. The summed E-state index contributed by atoms with van der Waals surface area (Å²) in [7, 11) is -3.32. The molecule has 2 aromatic carbocycles. The zero-order valence-electron chi connectivity index (χ0n) is 17.9. The van der Waals surface area contributed by atoms with Crippen LogP contribution in [0.2, 0.25) is 0 Å². The van der Waals surface area contributed by atoms with Crippen LogP contribution in [-0.4, -0.2) is 49.8 Å². The number of benzene rings is 2. The maximum absolute atomic E-state index is 12.8. The molecule has 0 radical (unpaired) electrons. The third-order valence-electron chi connectivity index (χ3n) is 5.55. The predicted octanol–water partition coefficient (Wildman–Crippen LogP) is 3.90. The smallest absolute Gasteiger partial charge is 0.261 e. The van der Waals surface area contributed by atoms with Crippen LogP contribution in [0.1, 0.15) is 22.5 Å². The Morgan fingerprint density at radius 3 is 2.76 bits per heavy atom. The van der Waals surface area contributed by atoms with Crippen molar-refractivity contribution in [2.24, 2.45) is 0 Å². The van der Waals surface area contributed by atoms with Crippen LogP contribution in [0, 0.1) is 0 Å². The van der Waals surface area contributed by atoms with Crippen LogP contribution in [0.25, 0.3) is 21.0 Å². The second-order valence-corrected chi connectivity index (χ2v) is 11.1. The molecule has 3 heterocycles. The number of thiophene rings is 1. The number of hydrogen-bond donors (Lipinski definition) is 2. The van der Waals surface area contributed by atoms with Gasteiger partial charge in [-0.2, -0.15) is 0 Å². The third kappa shape index (κ3) is 4.68. The van der Waals surface area contributed by atoms with E-state index < -0.39 is 9.84 Å². The molecule has 170 valence electrons. The first-order valence-electron chi connectivity index (χ1n) is 10.5. The summed E-state index contributed by atoms with van der Waals surface area (Å²) in [5.74, 6) is 0.265. The van der Waals surface area contributed by atoms with Gasteiger partial charge in [0.1, 0.15) is 0 Å². The molecule has 0 bridgehead atoms. The SMILES string of the molecule is CS(=O)(=O)c1cccc(Nc2ncc3ccc4sc(C(=O)NC5CCOCC5)cc4c3n2)c1. The largest absolute Gasteiger partial charge is 0.381 e. The number of fused-ring (bicyclic) bond motifs is 3. The van der Waals surface area contributed by atoms with Crippen molar-refractivity contribution in [2.45, 2.75) is 23.8 Å². The normalized spacial score (nSPS) is 15.1. The highest BCUT2D eigenvalue weighted by molar-refractivity contribution is 7.90. The topological polar surface area (TPSA) is 110 Å². The Balaban J connectivity index is 1.45.